The van der Waals surface area contributed by atoms with Gasteiger partial charge in [0.2, 0.25) is 5.91 Å². The Morgan fingerprint density at radius 2 is 1.29 bits per heavy atom. The maximum absolute atomic E-state index is 12.2. The number of hydrogen-bond donors (Lipinski definition) is 1. The number of carbonyl (C=O) groups excluding carboxylic acids is 1. The minimum Gasteiger partial charge on any atom is -0.292 e. The topological polar surface area (TPSA) is 29.1 Å². The van der Waals surface area contributed by atoms with Crippen LogP contribution in [0.25, 0.3) is 0 Å². The number of hydrogen-bond acceptors (Lipinski definition) is 1. The van der Waals surface area contributed by atoms with Crippen LogP contribution in [0.15, 0.2) is 0 Å². The highest BCUT2D eigenvalue weighted by molar-refractivity contribution is 9.08. The maximum atomic E-state index is 12.2. The second kappa shape index (κ2) is 6.77. The third kappa shape index (κ3) is 3.46. The molecule has 2 fully saturated rings. The lowest BCUT2D eigenvalue weighted by Crippen LogP contribution is -2.37. The predicted octanol–water partition coefficient (Wildman–Crippen LogP) is 4.19. The summed E-state index contributed by atoms with van der Waals surface area (Å²) in [7, 11) is 0. The van der Waals surface area contributed by atoms with E-state index >= 15 is 0 Å². The summed E-state index contributed by atoms with van der Waals surface area (Å²) in [6, 6.07) is 0. The zero-order valence-electron chi connectivity index (χ0n) is 10.6. The van der Waals surface area contributed by atoms with Crippen molar-refractivity contribution in [1.82, 2.24) is 4.34 Å². The van der Waals surface area contributed by atoms with Gasteiger partial charge >= 0.3 is 0 Å². The van der Waals surface area contributed by atoms with Gasteiger partial charge in [-0.1, -0.05) is 38.5 Å². The van der Waals surface area contributed by atoms with Gasteiger partial charge < -0.3 is 0 Å². The molecule has 0 aromatic heterocycles. The number of halogens is 1. The summed E-state index contributed by atoms with van der Waals surface area (Å²) in [5, 5.41) is 0. The van der Waals surface area contributed by atoms with Crippen molar-refractivity contribution in [3.63, 3.8) is 0 Å². The zero-order valence-corrected chi connectivity index (χ0v) is 12.2. The Morgan fingerprint density at radius 1 is 0.882 bits per heavy atom. The van der Waals surface area contributed by atoms with Crippen molar-refractivity contribution in [2.24, 2.45) is 17.8 Å². The van der Waals surface area contributed by atoms with Crippen LogP contribution in [0.2, 0.25) is 0 Å². The summed E-state index contributed by atoms with van der Waals surface area (Å²) >= 11 is 3.15. The molecule has 1 amide bonds. The smallest absolute Gasteiger partial charge is 0.233 e. The molecule has 2 saturated carbocycles. The van der Waals surface area contributed by atoms with Crippen LogP contribution >= 0.6 is 16.1 Å². The predicted molar refractivity (Wildman–Crippen MR) is 73.7 cm³/mol. The molecule has 0 aliphatic heterocycles. The molecular formula is C14H24BrNO. The van der Waals surface area contributed by atoms with E-state index in [1.807, 2.05) is 0 Å². The van der Waals surface area contributed by atoms with Crippen molar-refractivity contribution in [3.05, 3.63) is 0 Å². The zero-order chi connectivity index (χ0) is 12.1. The van der Waals surface area contributed by atoms with Gasteiger partial charge in [0.05, 0.1) is 0 Å². The third-order valence-electron chi connectivity index (χ3n) is 4.71. The molecular weight excluding hydrogens is 278 g/mol. The largest absolute Gasteiger partial charge is 0.292 e. The van der Waals surface area contributed by atoms with Crippen molar-refractivity contribution in [2.45, 2.75) is 64.2 Å². The van der Waals surface area contributed by atoms with Crippen molar-refractivity contribution < 1.29 is 4.79 Å². The minimum absolute atomic E-state index is 0.240. The van der Waals surface area contributed by atoms with Crippen LogP contribution in [-0.2, 0) is 4.79 Å². The Hall–Kier alpha value is -0.0500. The van der Waals surface area contributed by atoms with E-state index in [1.54, 1.807) is 0 Å². The average Bonchev–Trinajstić information content (AvgIpc) is 2.41. The van der Waals surface area contributed by atoms with E-state index in [0.717, 1.165) is 0 Å². The van der Waals surface area contributed by atoms with Crippen LogP contribution < -0.4 is 4.34 Å². The fraction of sp³-hybridized carbons (Fsp3) is 0.929. The van der Waals surface area contributed by atoms with Gasteiger partial charge in [0.1, 0.15) is 0 Å². The van der Waals surface area contributed by atoms with E-state index in [4.69, 9.17) is 0 Å². The summed E-state index contributed by atoms with van der Waals surface area (Å²) in [6.45, 7) is 0. The number of amides is 1. The van der Waals surface area contributed by atoms with Gasteiger partial charge in [-0.25, -0.2) is 0 Å². The highest BCUT2D eigenvalue weighted by Gasteiger charge is 2.35. The summed E-state index contributed by atoms with van der Waals surface area (Å²) in [5.74, 6) is 1.80. The summed E-state index contributed by atoms with van der Waals surface area (Å²) < 4.78 is 2.73. The summed E-state index contributed by atoms with van der Waals surface area (Å²) in [5.41, 5.74) is 0. The molecule has 1 N–H and O–H groups in total. The van der Waals surface area contributed by atoms with E-state index in [2.05, 4.69) is 20.5 Å². The first kappa shape index (κ1) is 13.4. The highest BCUT2D eigenvalue weighted by Crippen LogP contribution is 2.40. The van der Waals surface area contributed by atoms with Crippen molar-refractivity contribution in [2.75, 3.05) is 0 Å². The van der Waals surface area contributed by atoms with Crippen LogP contribution in [-0.4, -0.2) is 5.91 Å². The molecule has 98 valence electrons. The van der Waals surface area contributed by atoms with Crippen LogP contribution in [0.1, 0.15) is 64.2 Å². The maximum Gasteiger partial charge on any atom is 0.233 e. The Kier molecular flexibility index (Phi) is 5.33. The van der Waals surface area contributed by atoms with E-state index in [-0.39, 0.29) is 11.8 Å². The van der Waals surface area contributed by atoms with E-state index in [1.165, 1.54) is 64.2 Å². The van der Waals surface area contributed by atoms with Crippen molar-refractivity contribution in [1.29, 1.82) is 0 Å². The molecule has 0 aromatic carbocycles. The summed E-state index contributed by atoms with van der Waals surface area (Å²) in [4.78, 5) is 12.2. The monoisotopic (exact) mass is 301 g/mol. The molecule has 2 rings (SSSR count). The van der Waals surface area contributed by atoms with Gasteiger partial charge in [-0.05, 0) is 37.5 Å². The highest BCUT2D eigenvalue weighted by atomic mass is 79.9. The van der Waals surface area contributed by atoms with E-state index in [9.17, 15) is 4.79 Å². The molecule has 0 unspecified atom stereocenters. The lowest BCUT2D eigenvalue weighted by atomic mass is 9.69. The second-order valence-corrected chi connectivity index (χ2v) is 6.18. The Balaban J connectivity index is 2.02. The Labute approximate surface area is 113 Å². The molecule has 2 nitrogen and oxygen atoms in total. The number of rotatable bonds is 3. The molecule has 3 heteroatoms. The molecule has 2 aliphatic rings. The Morgan fingerprint density at radius 3 is 1.65 bits per heavy atom. The Bertz CT molecular complexity index is 227. The first-order chi connectivity index (χ1) is 8.33. The van der Waals surface area contributed by atoms with Gasteiger partial charge in [0.25, 0.3) is 0 Å². The molecule has 0 heterocycles. The molecule has 0 saturated heterocycles. The number of carbonyl (C=O) groups is 1. The summed E-state index contributed by atoms with van der Waals surface area (Å²) in [6.07, 6.45) is 13.1. The van der Waals surface area contributed by atoms with Gasteiger partial charge in [-0.3, -0.25) is 9.14 Å². The first-order valence-corrected chi connectivity index (χ1v) is 8.02. The first-order valence-electron chi connectivity index (χ1n) is 7.23. The molecule has 0 bridgehead atoms. The lowest BCUT2D eigenvalue weighted by molar-refractivity contribution is -0.127. The van der Waals surface area contributed by atoms with Gasteiger partial charge in [0.15, 0.2) is 0 Å². The molecule has 2 aliphatic carbocycles. The van der Waals surface area contributed by atoms with Gasteiger partial charge in [-0.15, -0.1) is 0 Å². The second-order valence-electron chi connectivity index (χ2n) is 5.78. The van der Waals surface area contributed by atoms with Crippen molar-refractivity contribution in [3.8, 4) is 0 Å². The lowest BCUT2D eigenvalue weighted by Gasteiger charge is -2.36. The van der Waals surface area contributed by atoms with E-state index < -0.39 is 0 Å². The van der Waals surface area contributed by atoms with Crippen LogP contribution in [0, 0.1) is 17.8 Å². The molecule has 0 radical (unpaired) electrons. The number of nitrogens with one attached hydrogen (secondary N) is 1. The SMILES string of the molecule is O=C(NBr)C(C1CCCCC1)C1CCCCC1. The van der Waals surface area contributed by atoms with E-state index in [0.29, 0.717) is 11.8 Å². The third-order valence-corrected chi connectivity index (χ3v) is 5.10. The van der Waals surface area contributed by atoms with Crippen LogP contribution in [0.4, 0.5) is 0 Å². The fourth-order valence-electron chi connectivity index (χ4n) is 3.86. The van der Waals surface area contributed by atoms with Gasteiger partial charge in [-0.2, -0.15) is 0 Å². The molecule has 0 spiro atoms. The average molecular weight is 302 g/mol. The van der Waals surface area contributed by atoms with Crippen LogP contribution in [0.3, 0.4) is 0 Å². The molecule has 0 aromatic rings. The molecule has 17 heavy (non-hydrogen) atoms. The van der Waals surface area contributed by atoms with Gasteiger partial charge in [0, 0.05) is 22.1 Å². The molecule has 0 atom stereocenters. The van der Waals surface area contributed by atoms with Crippen molar-refractivity contribution >= 4 is 22.1 Å². The fourth-order valence-corrected chi connectivity index (χ4v) is 4.13. The normalized spacial score (nSPS) is 23.9. The standard InChI is InChI=1S/C14H24BrNO/c15-16-14(17)13(11-7-3-1-4-8-11)12-9-5-2-6-10-12/h11-13H,1-10H2,(H,16,17). The quantitative estimate of drug-likeness (QED) is 0.778. The minimum atomic E-state index is 0.240. The van der Waals surface area contributed by atoms with Crippen LogP contribution in [0.5, 0.6) is 0 Å².